The third-order valence-electron chi connectivity index (χ3n) is 4.29. The number of carbonyl (C=O) groups is 1. The fraction of sp³-hybridized carbons (Fsp3) is 0.143. The van der Waals surface area contributed by atoms with Gasteiger partial charge in [-0.1, -0.05) is 35.9 Å². The van der Waals surface area contributed by atoms with Crippen LogP contribution in [0, 0.1) is 0 Å². The van der Waals surface area contributed by atoms with E-state index in [2.05, 4.69) is 15.3 Å². The number of H-pyrrole nitrogens is 1. The van der Waals surface area contributed by atoms with E-state index in [1.54, 1.807) is 18.3 Å². The first-order valence-corrected chi connectivity index (χ1v) is 9.11. The van der Waals surface area contributed by atoms with Gasteiger partial charge in [-0.3, -0.25) is 9.78 Å². The molecule has 136 valence electrons. The van der Waals surface area contributed by atoms with Crippen molar-refractivity contribution in [1.82, 2.24) is 15.3 Å². The highest BCUT2D eigenvalue weighted by Crippen LogP contribution is 2.23. The lowest BCUT2D eigenvalue weighted by atomic mass is 10.2. The molecule has 0 aliphatic rings. The fourth-order valence-electron chi connectivity index (χ4n) is 2.97. The standard InChI is InChI=1S/C21H18ClN3O2/c22-16-8-7-15-12-18(25-17(15)13-16)21(26)24-10-3-11-27-19-6-1-4-14-5-2-9-23-20(14)19/h1-2,4-9,12-13,25H,3,10-11H2,(H,24,26). The number of amides is 1. The molecule has 0 radical (unpaired) electrons. The Morgan fingerprint density at radius 3 is 2.93 bits per heavy atom. The van der Waals surface area contributed by atoms with Gasteiger partial charge in [0.25, 0.3) is 5.91 Å². The minimum absolute atomic E-state index is 0.144. The molecular weight excluding hydrogens is 362 g/mol. The quantitative estimate of drug-likeness (QED) is 0.482. The molecule has 0 fully saturated rings. The predicted octanol–water partition coefficient (Wildman–Crippen LogP) is 4.57. The van der Waals surface area contributed by atoms with E-state index in [0.29, 0.717) is 30.3 Å². The number of para-hydroxylation sites is 1. The molecule has 5 nitrogen and oxygen atoms in total. The molecule has 0 atom stereocenters. The molecule has 0 saturated carbocycles. The molecule has 0 bridgehead atoms. The SMILES string of the molecule is O=C(NCCCOc1cccc2cccnc12)c1cc2ccc(Cl)cc2[nH]1. The van der Waals surface area contributed by atoms with Gasteiger partial charge in [0.2, 0.25) is 0 Å². The first-order valence-electron chi connectivity index (χ1n) is 8.74. The van der Waals surface area contributed by atoms with E-state index < -0.39 is 0 Å². The normalized spacial score (nSPS) is 11.0. The summed E-state index contributed by atoms with van der Waals surface area (Å²) >= 11 is 5.97. The van der Waals surface area contributed by atoms with E-state index in [4.69, 9.17) is 16.3 Å². The molecule has 0 saturated heterocycles. The van der Waals surface area contributed by atoms with Crippen molar-refractivity contribution < 1.29 is 9.53 Å². The molecule has 4 aromatic rings. The van der Waals surface area contributed by atoms with Crippen LogP contribution in [0.4, 0.5) is 0 Å². The summed E-state index contributed by atoms with van der Waals surface area (Å²) in [5.74, 6) is 0.612. The monoisotopic (exact) mass is 379 g/mol. The maximum Gasteiger partial charge on any atom is 0.267 e. The smallest absolute Gasteiger partial charge is 0.267 e. The van der Waals surface area contributed by atoms with Gasteiger partial charge in [-0.25, -0.2) is 0 Å². The van der Waals surface area contributed by atoms with Crippen molar-refractivity contribution in [3.63, 3.8) is 0 Å². The van der Waals surface area contributed by atoms with Gasteiger partial charge in [0, 0.05) is 34.1 Å². The van der Waals surface area contributed by atoms with Gasteiger partial charge in [0.15, 0.2) is 0 Å². The highest BCUT2D eigenvalue weighted by atomic mass is 35.5. The minimum atomic E-state index is -0.144. The third kappa shape index (κ3) is 3.88. The molecule has 0 unspecified atom stereocenters. The Labute approximate surface area is 161 Å². The molecule has 2 aromatic heterocycles. The summed E-state index contributed by atoms with van der Waals surface area (Å²) < 4.78 is 5.83. The largest absolute Gasteiger partial charge is 0.491 e. The number of nitrogens with zero attached hydrogens (tertiary/aromatic N) is 1. The van der Waals surface area contributed by atoms with Crippen molar-refractivity contribution in [2.45, 2.75) is 6.42 Å². The average Bonchev–Trinajstić information content (AvgIpc) is 3.11. The molecule has 2 N–H and O–H groups in total. The molecule has 1 amide bonds. The van der Waals surface area contributed by atoms with E-state index in [9.17, 15) is 4.79 Å². The zero-order chi connectivity index (χ0) is 18.6. The lowest BCUT2D eigenvalue weighted by molar-refractivity contribution is 0.0947. The molecule has 0 aliphatic carbocycles. The lowest BCUT2D eigenvalue weighted by Gasteiger charge is -2.09. The summed E-state index contributed by atoms with van der Waals surface area (Å²) in [6, 6.07) is 17.1. The number of pyridine rings is 1. The topological polar surface area (TPSA) is 67.0 Å². The summed E-state index contributed by atoms with van der Waals surface area (Å²) in [6.07, 6.45) is 2.45. The molecule has 0 aliphatic heterocycles. The Morgan fingerprint density at radius 2 is 2.00 bits per heavy atom. The number of rotatable bonds is 6. The molecule has 2 heterocycles. The van der Waals surface area contributed by atoms with E-state index in [1.165, 1.54) is 0 Å². The van der Waals surface area contributed by atoms with Gasteiger partial charge in [0.05, 0.1) is 6.61 Å². The molecule has 27 heavy (non-hydrogen) atoms. The van der Waals surface area contributed by atoms with Crippen LogP contribution < -0.4 is 10.1 Å². The van der Waals surface area contributed by atoms with E-state index in [-0.39, 0.29) is 5.91 Å². The number of hydrogen-bond donors (Lipinski definition) is 2. The zero-order valence-corrected chi connectivity index (χ0v) is 15.3. The number of aromatic amines is 1. The Hall–Kier alpha value is -3.05. The number of benzene rings is 2. The Kier molecular flexibility index (Phi) is 4.94. The second-order valence-electron chi connectivity index (χ2n) is 6.20. The van der Waals surface area contributed by atoms with Gasteiger partial charge in [-0.05, 0) is 36.8 Å². The number of fused-ring (bicyclic) bond motifs is 2. The van der Waals surface area contributed by atoms with Gasteiger partial charge >= 0.3 is 0 Å². The van der Waals surface area contributed by atoms with Crippen molar-refractivity contribution >= 4 is 39.3 Å². The van der Waals surface area contributed by atoms with Crippen molar-refractivity contribution in [3.8, 4) is 5.75 Å². The molecule has 6 heteroatoms. The number of carbonyl (C=O) groups excluding carboxylic acids is 1. The molecular formula is C21H18ClN3O2. The Bertz CT molecular complexity index is 1100. The van der Waals surface area contributed by atoms with Crippen molar-refractivity contribution in [2.75, 3.05) is 13.2 Å². The third-order valence-corrected chi connectivity index (χ3v) is 4.52. The van der Waals surface area contributed by atoms with Gasteiger partial charge in [-0.2, -0.15) is 0 Å². The van der Waals surface area contributed by atoms with Crippen LogP contribution in [0.5, 0.6) is 5.75 Å². The van der Waals surface area contributed by atoms with Crippen LogP contribution in [0.25, 0.3) is 21.8 Å². The summed E-state index contributed by atoms with van der Waals surface area (Å²) in [7, 11) is 0. The van der Waals surface area contributed by atoms with Crippen molar-refractivity contribution in [2.24, 2.45) is 0 Å². The summed E-state index contributed by atoms with van der Waals surface area (Å²) in [5, 5.41) is 5.53. The number of halogens is 1. The summed E-state index contributed by atoms with van der Waals surface area (Å²) in [6.45, 7) is 1.02. The lowest BCUT2D eigenvalue weighted by Crippen LogP contribution is -2.25. The zero-order valence-electron chi connectivity index (χ0n) is 14.5. The van der Waals surface area contributed by atoms with Crippen molar-refractivity contribution in [3.05, 3.63) is 71.5 Å². The maximum atomic E-state index is 12.3. The first kappa shape index (κ1) is 17.4. The van der Waals surface area contributed by atoms with Gasteiger partial charge in [0.1, 0.15) is 17.0 Å². The minimum Gasteiger partial charge on any atom is -0.491 e. The van der Waals surface area contributed by atoms with Crippen LogP contribution in [0.3, 0.4) is 0 Å². The van der Waals surface area contributed by atoms with Crippen LogP contribution in [-0.2, 0) is 0 Å². The van der Waals surface area contributed by atoms with Crippen LogP contribution in [0.2, 0.25) is 5.02 Å². The predicted molar refractivity (Wildman–Crippen MR) is 107 cm³/mol. The molecule has 0 spiro atoms. The maximum absolute atomic E-state index is 12.3. The van der Waals surface area contributed by atoms with Crippen LogP contribution in [-0.4, -0.2) is 29.0 Å². The highest BCUT2D eigenvalue weighted by molar-refractivity contribution is 6.31. The van der Waals surface area contributed by atoms with Crippen LogP contribution in [0.15, 0.2) is 60.8 Å². The van der Waals surface area contributed by atoms with Crippen molar-refractivity contribution in [1.29, 1.82) is 0 Å². The Balaban J connectivity index is 1.30. The van der Waals surface area contributed by atoms with Crippen LogP contribution >= 0.6 is 11.6 Å². The van der Waals surface area contributed by atoms with Gasteiger partial charge in [-0.15, -0.1) is 0 Å². The number of nitrogens with one attached hydrogen (secondary N) is 2. The average molecular weight is 380 g/mol. The van der Waals surface area contributed by atoms with Gasteiger partial charge < -0.3 is 15.0 Å². The highest BCUT2D eigenvalue weighted by Gasteiger charge is 2.09. The number of ether oxygens (including phenoxy) is 1. The fourth-order valence-corrected chi connectivity index (χ4v) is 3.14. The number of hydrogen-bond acceptors (Lipinski definition) is 3. The van der Waals surface area contributed by atoms with Crippen LogP contribution in [0.1, 0.15) is 16.9 Å². The number of aromatic nitrogens is 2. The first-order chi connectivity index (χ1) is 13.2. The molecule has 2 aromatic carbocycles. The second-order valence-corrected chi connectivity index (χ2v) is 6.64. The van der Waals surface area contributed by atoms with E-state index in [0.717, 1.165) is 27.6 Å². The van der Waals surface area contributed by atoms with E-state index in [1.807, 2.05) is 42.5 Å². The Morgan fingerprint density at radius 1 is 1.11 bits per heavy atom. The van der Waals surface area contributed by atoms with E-state index >= 15 is 0 Å². The summed E-state index contributed by atoms with van der Waals surface area (Å²) in [4.78, 5) is 19.7. The molecule has 4 rings (SSSR count). The summed E-state index contributed by atoms with van der Waals surface area (Å²) in [5.41, 5.74) is 2.21. The second kappa shape index (κ2) is 7.68.